The van der Waals surface area contributed by atoms with Gasteiger partial charge in [0, 0.05) is 26.1 Å². The summed E-state index contributed by atoms with van der Waals surface area (Å²) in [7, 11) is 0. The van der Waals surface area contributed by atoms with Crippen molar-refractivity contribution in [3.8, 4) is 0 Å². The molecule has 0 aliphatic carbocycles. The molecule has 1 fully saturated rings. The van der Waals surface area contributed by atoms with Crippen LogP contribution in [0.4, 0.5) is 0 Å². The summed E-state index contributed by atoms with van der Waals surface area (Å²) in [4.78, 5) is 23.0. The largest absolute Gasteiger partial charge is 0.444 e. The molecule has 0 bridgehead atoms. The summed E-state index contributed by atoms with van der Waals surface area (Å²) in [5.74, 6) is 2.44. The van der Waals surface area contributed by atoms with Crippen LogP contribution in [-0.4, -0.2) is 34.8 Å². The van der Waals surface area contributed by atoms with E-state index in [-0.39, 0.29) is 29.9 Å². The summed E-state index contributed by atoms with van der Waals surface area (Å²) in [6.07, 6.45) is 1.61. The zero-order valence-electron chi connectivity index (χ0n) is 17.3. The fourth-order valence-electron chi connectivity index (χ4n) is 3.22. The normalized spacial score (nSPS) is 14.1. The summed E-state index contributed by atoms with van der Waals surface area (Å²) in [5.41, 5.74) is 3.18. The second-order valence-electron chi connectivity index (χ2n) is 6.99. The number of benzene rings is 1. The maximum atomic E-state index is 12.0. The number of guanidine groups is 1. The van der Waals surface area contributed by atoms with Gasteiger partial charge in [0.25, 0.3) is 0 Å². The summed E-state index contributed by atoms with van der Waals surface area (Å²) < 4.78 is 5.62. The number of aliphatic imine (C=N–C) groups is 1. The van der Waals surface area contributed by atoms with E-state index >= 15 is 0 Å². The zero-order chi connectivity index (χ0) is 19.9. The van der Waals surface area contributed by atoms with Gasteiger partial charge >= 0.3 is 0 Å². The molecule has 1 aliphatic rings. The Morgan fingerprint density at radius 3 is 2.62 bits per heavy atom. The van der Waals surface area contributed by atoms with Crippen LogP contribution in [0.5, 0.6) is 0 Å². The molecule has 158 valence electrons. The molecule has 8 heteroatoms. The SMILES string of the molecule is CCNC(=NCc1ccccc1CN1CCCC1=O)NCc1nc(C)c(C)o1.I. The Morgan fingerprint density at radius 1 is 1.24 bits per heavy atom. The van der Waals surface area contributed by atoms with Gasteiger partial charge in [0.05, 0.1) is 18.8 Å². The molecule has 0 unspecified atom stereocenters. The molecule has 1 amide bonds. The molecule has 0 spiro atoms. The van der Waals surface area contributed by atoms with Gasteiger partial charge in [0.2, 0.25) is 11.8 Å². The molecule has 7 nitrogen and oxygen atoms in total. The highest BCUT2D eigenvalue weighted by molar-refractivity contribution is 14.0. The number of aryl methyl sites for hydroxylation is 2. The predicted molar refractivity (Wildman–Crippen MR) is 124 cm³/mol. The van der Waals surface area contributed by atoms with Gasteiger partial charge in [-0.15, -0.1) is 24.0 Å². The molecule has 2 N–H and O–H groups in total. The number of amides is 1. The zero-order valence-corrected chi connectivity index (χ0v) is 19.7. The van der Waals surface area contributed by atoms with Crippen LogP contribution in [0.3, 0.4) is 0 Å². The average molecular weight is 511 g/mol. The molecule has 2 heterocycles. The molecular weight excluding hydrogens is 481 g/mol. The minimum Gasteiger partial charge on any atom is -0.444 e. The summed E-state index contributed by atoms with van der Waals surface area (Å²) >= 11 is 0. The summed E-state index contributed by atoms with van der Waals surface area (Å²) in [6.45, 7) is 9.15. The molecule has 1 aromatic heterocycles. The standard InChI is InChI=1S/C21H29N5O2.HI/c1-4-22-21(24-13-19-25-15(2)16(3)28-19)23-12-17-8-5-6-9-18(17)14-26-11-7-10-20(26)27;/h5-6,8-9H,4,7,10-14H2,1-3H3,(H2,22,23,24);1H. The van der Waals surface area contributed by atoms with Crippen molar-refractivity contribution >= 4 is 35.8 Å². The second-order valence-corrected chi connectivity index (χ2v) is 6.99. The first-order valence-electron chi connectivity index (χ1n) is 9.86. The third-order valence-electron chi connectivity index (χ3n) is 4.88. The minimum absolute atomic E-state index is 0. The lowest BCUT2D eigenvalue weighted by atomic mass is 10.1. The molecule has 2 aromatic rings. The minimum atomic E-state index is 0. The van der Waals surface area contributed by atoms with Crippen LogP contribution in [0.15, 0.2) is 33.7 Å². The van der Waals surface area contributed by atoms with Crippen LogP contribution in [0.2, 0.25) is 0 Å². The maximum Gasteiger partial charge on any atom is 0.222 e. The van der Waals surface area contributed by atoms with Crippen LogP contribution in [0.1, 0.15) is 48.2 Å². The molecule has 0 saturated carbocycles. The van der Waals surface area contributed by atoms with Crippen LogP contribution in [0.25, 0.3) is 0 Å². The van der Waals surface area contributed by atoms with Crippen molar-refractivity contribution < 1.29 is 9.21 Å². The molecule has 1 aromatic carbocycles. The first-order chi connectivity index (χ1) is 13.6. The first kappa shape index (κ1) is 23.2. The predicted octanol–water partition coefficient (Wildman–Crippen LogP) is 3.29. The van der Waals surface area contributed by atoms with Gasteiger partial charge in [-0.3, -0.25) is 4.79 Å². The third kappa shape index (κ3) is 6.45. The van der Waals surface area contributed by atoms with Crippen molar-refractivity contribution in [2.45, 2.75) is 53.2 Å². The van der Waals surface area contributed by atoms with Crippen molar-refractivity contribution in [2.24, 2.45) is 4.99 Å². The monoisotopic (exact) mass is 511 g/mol. The van der Waals surface area contributed by atoms with E-state index in [4.69, 9.17) is 9.41 Å². The van der Waals surface area contributed by atoms with E-state index in [9.17, 15) is 4.79 Å². The lowest BCUT2D eigenvalue weighted by molar-refractivity contribution is -0.128. The van der Waals surface area contributed by atoms with E-state index in [1.807, 2.05) is 37.8 Å². The van der Waals surface area contributed by atoms with Gasteiger partial charge in [-0.05, 0) is 38.3 Å². The van der Waals surface area contributed by atoms with Crippen molar-refractivity contribution in [3.63, 3.8) is 0 Å². The van der Waals surface area contributed by atoms with E-state index < -0.39 is 0 Å². The van der Waals surface area contributed by atoms with Gasteiger partial charge < -0.3 is 20.0 Å². The number of nitrogens with one attached hydrogen (secondary N) is 2. The number of carbonyl (C=O) groups excluding carboxylic acids is 1. The van der Waals surface area contributed by atoms with Crippen molar-refractivity contribution in [3.05, 3.63) is 52.7 Å². The number of nitrogens with zero attached hydrogens (tertiary/aromatic N) is 3. The highest BCUT2D eigenvalue weighted by atomic mass is 127. The quantitative estimate of drug-likeness (QED) is 0.339. The van der Waals surface area contributed by atoms with Crippen molar-refractivity contribution in [1.29, 1.82) is 0 Å². The van der Waals surface area contributed by atoms with Crippen LogP contribution < -0.4 is 10.6 Å². The number of oxazole rings is 1. The average Bonchev–Trinajstić information content (AvgIpc) is 3.23. The topological polar surface area (TPSA) is 82.8 Å². The van der Waals surface area contributed by atoms with E-state index in [2.05, 4.69) is 27.8 Å². The Labute approximate surface area is 189 Å². The fraction of sp³-hybridized carbons (Fsp3) is 0.476. The lowest BCUT2D eigenvalue weighted by Crippen LogP contribution is -2.36. The molecule has 0 atom stereocenters. The molecule has 3 rings (SSSR count). The summed E-state index contributed by atoms with van der Waals surface area (Å²) in [5, 5.41) is 6.51. The van der Waals surface area contributed by atoms with E-state index in [0.717, 1.165) is 42.1 Å². The summed E-state index contributed by atoms with van der Waals surface area (Å²) in [6, 6.07) is 8.18. The van der Waals surface area contributed by atoms with Gasteiger partial charge in [-0.25, -0.2) is 9.98 Å². The van der Waals surface area contributed by atoms with Crippen molar-refractivity contribution in [2.75, 3.05) is 13.1 Å². The third-order valence-corrected chi connectivity index (χ3v) is 4.88. The smallest absolute Gasteiger partial charge is 0.222 e. The highest BCUT2D eigenvalue weighted by Gasteiger charge is 2.20. The second kappa shape index (κ2) is 11.2. The molecule has 29 heavy (non-hydrogen) atoms. The Kier molecular flexibility index (Phi) is 8.94. The van der Waals surface area contributed by atoms with E-state index in [1.54, 1.807) is 0 Å². The molecule has 1 saturated heterocycles. The van der Waals surface area contributed by atoms with Gasteiger partial charge in [-0.1, -0.05) is 24.3 Å². The number of hydrogen-bond donors (Lipinski definition) is 2. The first-order valence-corrected chi connectivity index (χ1v) is 9.86. The Balaban J connectivity index is 0.00000300. The van der Waals surface area contributed by atoms with E-state index in [0.29, 0.717) is 37.9 Å². The maximum absolute atomic E-state index is 12.0. The number of rotatable bonds is 7. The lowest BCUT2D eigenvalue weighted by Gasteiger charge is -2.18. The number of halogens is 1. The van der Waals surface area contributed by atoms with Crippen LogP contribution in [-0.2, 0) is 24.4 Å². The molecular formula is C21H30IN5O2. The molecule has 0 radical (unpaired) electrons. The number of aromatic nitrogens is 1. The highest BCUT2D eigenvalue weighted by Crippen LogP contribution is 2.18. The van der Waals surface area contributed by atoms with Crippen molar-refractivity contribution in [1.82, 2.24) is 20.5 Å². The number of hydrogen-bond acceptors (Lipinski definition) is 4. The van der Waals surface area contributed by atoms with Gasteiger partial charge in [0.1, 0.15) is 5.76 Å². The Hall–Kier alpha value is -2.10. The Bertz CT molecular complexity index is 830. The number of carbonyl (C=O) groups is 1. The van der Waals surface area contributed by atoms with Gasteiger partial charge in [0.15, 0.2) is 5.96 Å². The fourth-order valence-corrected chi connectivity index (χ4v) is 3.22. The van der Waals surface area contributed by atoms with E-state index in [1.165, 1.54) is 0 Å². The van der Waals surface area contributed by atoms with Crippen LogP contribution in [0, 0.1) is 13.8 Å². The number of likely N-dealkylation sites (tertiary alicyclic amines) is 1. The van der Waals surface area contributed by atoms with Crippen LogP contribution >= 0.6 is 24.0 Å². The molecule has 1 aliphatic heterocycles. The Morgan fingerprint density at radius 2 is 2.00 bits per heavy atom. The van der Waals surface area contributed by atoms with Gasteiger partial charge in [-0.2, -0.15) is 0 Å².